The van der Waals surface area contributed by atoms with Crippen molar-refractivity contribution in [1.29, 1.82) is 0 Å². The quantitative estimate of drug-likeness (QED) is 0.798. The maximum atomic E-state index is 5.07. The van der Waals surface area contributed by atoms with E-state index >= 15 is 0 Å². The Kier molecular flexibility index (Phi) is 5.46. The summed E-state index contributed by atoms with van der Waals surface area (Å²) in [6.45, 7) is 7.18. The average Bonchev–Trinajstić information content (AvgIpc) is 2.71. The predicted molar refractivity (Wildman–Crippen MR) is 79.6 cm³/mol. The fourth-order valence-electron chi connectivity index (χ4n) is 3.32. The molecule has 1 N–H and O–H groups in total. The first-order valence-corrected chi connectivity index (χ1v) is 7.61. The summed E-state index contributed by atoms with van der Waals surface area (Å²) >= 11 is 0. The van der Waals surface area contributed by atoms with Gasteiger partial charge in [0.1, 0.15) is 0 Å². The van der Waals surface area contributed by atoms with Crippen molar-refractivity contribution in [3.8, 4) is 0 Å². The molecule has 1 saturated carbocycles. The zero-order valence-electron chi connectivity index (χ0n) is 12.7. The third-order valence-electron chi connectivity index (χ3n) is 4.33. The highest BCUT2D eigenvalue weighted by molar-refractivity contribution is 5.27. The Hall–Kier alpha value is -0.800. The van der Waals surface area contributed by atoms with Gasteiger partial charge in [0, 0.05) is 37.6 Å². The highest BCUT2D eigenvalue weighted by Crippen LogP contribution is 2.32. The highest BCUT2D eigenvalue weighted by Gasteiger charge is 2.19. The molecule has 0 radical (unpaired) electrons. The minimum absolute atomic E-state index is 0.737. The molecule has 0 atom stereocenters. The summed E-state index contributed by atoms with van der Waals surface area (Å²) in [5.41, 5.74) is 4.32. The number of ether oxygens (including phenoxy) is 1. The molecule has 19 heavy (non-hydrogen) atoms. The largest absolute Gasteiger partial charge is 0.383 e. The molecule has 1 aliphatic carbocycles. The minimum Gasteiger partial charge on any atom is -0.383 e. The fraction of sp³-hybridized carbons (Fsp3) is 0.750. The Bertz CT molecular complexity index is 392. The number of nitrogens with zero attached hydrogens (tertiary/aromatic N) is 1. The normalized spacial score (nSPS) is 17.0. The third kappa shape index (κ3) is 3.61. The summed E-state index contributed by atoms with van der Waals surface area (Å²) in [6.07, 6.45) is 6.91. The molecular weight excluding hydrogens is 236 g/mol. The lowest BCUT2D eigenvalue weighted by molar-refractivity contribution is 0.199. The van der Waals surface area contributed by atoms with Crippen molar-refractivity contribution in [1.82, 2.24) is 9.88 Å². The zero-order valence-corrected chi connectivity index (χ0v) is 12.7. The van der Waals surface area contributed by atoms with Crippen molar-refractivity contribution in [2.45, 2.75) is 58.5 Å². The SMILES string of the molecule is COCCNCc1cc(C)n(C2CCCCC2)c1C. The molecule has 108 valence electrons. The molecular formula is C16H28N2O. The monoisotopic (exact) mass is 264 g/mol. The lowest BCUT2D eigenvalue weighted by Crippen LogP contribution is -2.19. The highest BCUT2D eigenvalue weighted by atomic mass is 16.5. The second kappa shape index (κ2) is 7.11. The van der Waals surface area contributed by atoms with E-state index in [2.05, 4.69) is 29.8 Å². The first-order chi connectivity index (χ1) is 9.24. The molecule has 0 unspecified atom stereocenters. The van der Waals surface area contributed by atoms with Crippen LogP contribution in [0.25, 0.3) is 0 Å². The van der Waals surface area contributed by atoms with Crippen LogP contribution in [0.5, 0.6) is 0 Å². The second-order valence-corrected chi connectivity index (χ2v) is 5.73. The van der Waals surface area contributed by atoms with Gasteiger partial charge in [-0.25, -0.2) is 0 Å². The van der Waals surface area contributed by atoms with E-state index in [4.69, 9.17) is 4.74 Å². The van der Waals surface area contributed by atoms with Crippen molar-refractivity contribution >= 4 is 0 Å². The van der Waals surface area contributed by atoms with Gasteiger partial charge in [-0.3, -0.25) is 0 Å². The second-order valence-electron chi connectivity index (χ2n) is 5.73. The van der Waals surface area contributed by atoms with Crippen molar-refractivity contribution < 1.29 is 4.74 Å². The zero-order chi connectivity index (χ0) is 13.7. The van der Waals surface area contributed by atoms with Crippen molar-refractivity contribution in [2.75, 3.05) is 20.3 Å². The lowest BCUT2D eigenvalue weighted by Gasteiger charge is -2.26. The van der Waals surface area contributed by atoms with E-state index < -0.39 is 0 Å². The number of hydrogen-bond donors (Lipinski definition) is 1. The third-order valence-corrected chi connectivity index (χ3v) is 4.33. The van der Waals surface area contributed by atoms with Gasteiger partial charge in [-0.1, -0.05) is 19.3 Å². The van der Waals surface area contributed by atoms with Crippen LogP contribution in [-0.2, 0) is 11.3 Å². The summed E-state index contributed by atoms with van der Waals surface area (Å²) in [4.78, 5) is 0. The summed E-state index contributed by atoms with van der Waals surface area (Å²) in [5, 5.41) is 3.45. The number of nitrogens with one attached hydrogen (secondary N) is 1. The van der Waals surface area contributed by atoms with Gasteiger partial charge >= 0.3 is 0 Å². The van der Waals surface area contributed by atoms with E-state index in [0.29, 0.717) is 0 Å². The van der Waals surface area contributed by atoms with E-state index in [1.807, 2.05) is 0 Å². The number of methoxy groups -OCH3 is 1. The van der Waals surface area contributed by atoms with Crippen LogP contribution in [0.3, 0.4) is 0 Å². The van der Waals surface area contributed by atoms with Gasteiger partial charge in [0.05, 0.1) is 6.61 Å². The van der Waals surface area contributed by atoms with Crippen LogP contribution >= 0.6 is 0 Å². The van der Waals surface area contributed by atoms with Crippen LogP contribution in [0.4, 0.5) is 0 Å². The first-order valence-electron chi connectivity index (χ1n) is 7.61. The van der Waals surface area contributed by atoms with Gasteiger partial charge in [0.15, 0.2) is 0 Å². The van der Waals surface area contributed by atoms with Crippen LogP contribution in [0.1, 0.15) is 55.1 Å². The molecule has 0 bridgehead atoms. The smallest absolute Gasteiger partial charge is 0.0587 e. The molecule has 1 fully saturated rings. The van der Waals surface area contributed by atoms with Gasteiger partial charge in [-0.05, 0) is 38.3 Å². The lowest BCUT2D eigenvalue weighted by atomic mass is 9.95. The molecule has 0 amide bonds. The van der Waals surface area contributed by atoms with Gasteiger partial charge in [-0.2, -0.15) is 0 Å². The number of hydrogen-bond acceptors (Lipinski definition) is 2. The molecule has 1 aromatic heterocycles. The van der Waals surface area contributed by atoms with Crippen LogP contribution < -0.4 is 5.32 Å². The summed E-state index contributed by atoms with van der Waals surface area (Å²) < 4.78 is 7.64. The van der Waals surface area contributed by atoms with Crippen LogP contribution in [0.2, 0.25) is 0 Å². The number of aromatic nitrogens is 1. The Labute approximate surface area is 117 Å². The van der Waals surface area contributed by atoms with E-state index in [-0.39, 0.29) is 0 Å². The molecule has 0 aliphatic heterocycles. The summed E-state index contributed by atoms with van der Waals surface area (Å²) in [5.74, 6) is 0. The maximum Gasteiger partial charge on any atom is 0.0587 e. The average molecular weight is 264 g/mol. The molecule has 1 heterocycles. The van der Waals surface area contributed by atoms with Gasteiger partial charge in [0.25, 0.3) is 0 Å². The van der Waals surface area contributed by atoms with Crippen LogP contribution in [0, 0.1) is 13.8 Å². The molecule has 1 aliphatic rings. The van der Waals surface area contributed by atoms with Gasteiger partial charge in [-0.15, -0.1) is 0 Å². The standard InChI is InChI=1S/C16H28N2O/c1-13-11-15(12-17-9-10-19-3)14(2)18(13)16-7-5-4-6-8-16/h11,16-17H,4-10,12H2,1-3H3. The van der Waals surface area contributed by atoms with Crippen molar-refractivity contribution in [3.05, 3.63) is 23.0 Å². The Morgan fingerprint density at radius 1 is 1.26 bits per heavy atom. The maximum absolute atomic E-state index is 5.07. The van der Waals surface area contributed by atoms with E-state index in [0.717, 1.165) is 25.7 Å². The minimum atomic E-state index is 0.737. The molecule has 3 heteroatoms. The Morgan fingerprint density at radius 3 is 2.68 bits per heavy atom. The molecule has 0 spiro atoms. The van der Waals surface area contributed by atoms with Crippen molar-refractivity contribution in [2.24, 2.45) is 0 Å². The van der Waals surface area contributed by atoms with Crippen molar-refractivity contribution in [3.63, 3.8) is 0 Å². The first kappa shape index (κ1) is 14.6. The predicted octanol–water partition coefficient (Wildman–Crippen LogP) is 3.35. The molecule has 2 rings (SSSR count). The molecule has 1 aromatic rings. The summed E-state index contributed by atoms with van der Waals surface area (Å²) in [6, 6.07) is 3.09. The summed E-state index contributed by atoms with van der Waals surface area (Å²) in [7, 11) is 1.75. The van der Waals surface area contributed by atoms with Gasteiger partial charge < -0.3 is 14.6 Å². The number of rotatable bonds is 6. The van der Waals surface area contributed by atoms with E-state index in [1.165, 1.54) is 49.1 Å². The topological polar surface area (TPSA) is 26.2 Å². The van der Waals surface area contributed by atoms with Crippen LogP contribution in [-0.4, -0.2) is 24.8 Å². The molecule has 3 nitrogen and oxygen atoms in total. The Balaban J connectivity index is 2.01. The van der Waals surface area contributed by atoms with E-state index in [9.17, 15) is 0 Å². The van der Waals surface area contributed by atoms with Crippen LogP contribution in [0.15, 0.2) is 6.07 Å². The fourth-order valence-corrected chi connectivity index (χ4v) is 3.32. The van der Waals surface area contributed by atoms with Gasteiger partial charge in [0.2, 0.25) is 0 Å². The Morgan fingerprint density at radius 2 is 2.00 bits per heavy atom. The molecule has 0 aromatic carbocycles. The molecule has 0 saturated heterocycles. The van der Waals surface area contributed by atoms with E-state index in [1.54, 1.807) is 7.11 Å². The number of aryl methyl sites for hydroxylation is 1.